The second-order valence-corrected chi connectivity index (χ2v) is 6.82. The molecule has 7 heteroatoms. The topological polar surface area (TPSA) is 59.3 Å². The number of amides is 1. The van der Waals surface area contributed by atoms with Crippen LogP contribution in [0.4, 0.5) is 0 Å². The number of benzene rings is 2. The summed E-state index contributed by atoms with van der Waals surface area (Å²) in [6, 6.07) is 17.1. The normalized spacial score (nSPS) is 11.0. The monoisotopic (exact) mass is 430 g/mol. The smallest absolute Gasteiger partial charge is 0.267 e. The molecular weight excluding hydrogens is 416 g/mol. The van der Waals surface area contributed by atoms with E-state index in [4.69, 9.17) is 11.6 Å². The number of hydrogen-bond donors (Lipinski definition) is 1. The van der Waals surface area contributed by atoms with Crippen LogP contribution < -0.4 is 5.43 Å². The van der Waals surface area contributed by atoms with Gasteiger partial charge in [0.1, 0.15) is 5.15 Å². The minimum absolute atomic E-state index is 0.306. The summed E-state index contributed by atoms with van der Waals surface area (Å²) in [6.45, 7) is 2.42. The van der Waals surface area contributed by atoms with Gasteiger partial charge in [0.25, 0.3) is 5.91 Å². The average molecular weight is 432 g/mol. The predicted octanol–water partition coefficient (Wildman–Crippen LogP) is 4.42. The molecule has 0 spiro atoms. The van der Waals surface area contributed by atoms with Gasteiger partial charge in [-0.1, -0.05) is 54.1 Å². The molecule has 0 fully saturated rings. The molecule has 0 saturated carbocycles. The van der Waals surface area contributed by atoms with Gasteiger partial charge in [-0.3, -0.25) is 4.79 Å². The summed E-state index contributed by atoms with van der Waals surface area (Å²) in [7, 11) is 0. The highest BCUT2D eigenvalue weighted by atomic mass is 79.9. The Hall–Kier alpha value is -2.44. The van der Waals surface area contributed by atoms with Gasteiger partial charge in [-0.05, 0) is 40.5 Å². The first kappa shape index (κ1) is 18.4. The van der Waals surface area contributed by atoms with Crippen molar-refractivity contribution in [2.24, 2.45) is 5.10 Å². The summed E-state index contributed by atoms with van der Waals surface area (Å²) in [4.78, 5) is 12.2. The third kappa shape index (κ3) is 4.20. The highest BCUT2D eigenvalue weighted by Crippen LogP contribution is 2.19. The molecule has 0 atom stereocenters. The van der Waals surface area contributed by atoms with E-state index in [1.807, 2.05) is 43.3 Å². The maximum absolute atomic E-state index is 12.2. The van der Waals surface area contributed by atoms with E-state index >= 15 is 0 Å². The van der Waals surface area contributed by atoms with Crippen molar-refractivity contribution in [1.82, 2.24) is 15.2 Å². The molecule has 0 aliphatic carbocycles. The van der Waals surface area contributed by atoms with E-state index in [0.717, 1.165) is 11.3 Å². The molecule has 5 nitrogen and oxygen atoms in total. The molecule has 0 bridgehead atoms. The Morgan fingerprint density at radius 2 is 1.92 bits per heavy atom. The molecule has 2 aromatic carbocycles. The number of nitrogens with zero attached hydrogens (tertiary/aromatic N) is 3. The molecule has 1 amide bonds. The number of hydrogen-bond acceptors (Lipinski definition) is 3. The standard InChI is InChI=1S/C19H16BrClN4O/c1-13-16(11-22-23-19(26)15-9-5-6-10-17(15)20)18(21)25(24-13)12-14-7-3-2-4-8-14/h2-11H,12H2,1H3,(H,23,26). The lowest BCUT2D eigenvalue weighted by atomic mass is 10.2. The maximum Gasteiger partial charge on any atom is 0.272 e. The summed E-state index contributed by atoms with van der Waals surface area (Å²) < 4.78 is 2.42. The van der Waals surface area contributed by atoms with E-state index in [-0.39, 0.29) is 5.91 Å². The first-order valence-electron chi connectivity index (χ1n) is 7.91. The fraction of sp³-hybridized carbons (Fsp3) is 0.105. The number of carbonyl (C=O) groups is 1. The molecule has 3 rings (SSSR count). The molecule has 3 aromatic rings. The number of nitrogens with one attached hydrogen (secondary N) is 1. The fourth-order valence-corrected chi connectivity index (χ4v) is 3.18. The van der Waals surface area contributed by atoms with Crippen LogP contribution in [0.15, 0.2) is 64.2 Å². The summed E-state index contributed by atoms with van der Waals surface area (Å²) in [6.07, 6.45) is 1.51. The zero-order valence-corrected chi connectivity index (χ0v) is 16.3. The van der Waals surface area contributed by atoms with Crippen molar-refractivity contribution >= 4 is 39.7 Å². The summed E-state index contributed by atoms with van der Waals surface area (Å²) in [5, 5.41) is 8.94. The van der Waals surface area contributed by atoms with Crippen LogP contribution >= 0.6 is 27.5 Å². The Kier molecular flexibility index (Phi) is 5.85. The Labute approximate surface area is 164 Å². The summed E-state index contributed by atoms with van der Waals surface area (Å²) in [5.74, 6) is -0.306. The van der Waals surface area contributed by atoms with Crippen LogP contribution in [0.1, 0.15) is 27.2 Å². The van der Waals surface area contributed by atoms with Gasteiger partial charge in [-0.15, -0.1) is 0 Å². The molecule has 0 unspecified atom stereocenters. The Balaban J connectivity index is 1.73. The van der Waals surface area contributed by atoms with Gasteiger partial charge >= 0.3 is 0 Å². The van der Waals surface area contributed by atoms with E-state index < -0.39 is 0 Å². The Morgan fingerprint density at radius 3 is 2.65 bits per heavy atom. The minimum Gasteiger partial charge on any atom is -0.267 e. The molecule has 0 aliphatic rings. The molecule has 0 saturated heterocycles. The lowest BCUT2D eigenvalue weighted by Gasteiger charge is -2.03. The number of aryl methyl sites for hydroxylation is 1. The van der Waals surface area contributed by atoms with Gasteiger partial charge in [0.05, 0.1) is 29.6 Å². The third-order valence-corrected chi connectivity index (χ3v) is 4.85. The SMILES string of the molecule is Cc1nn(Cc2ccccc2)c(Cl)c1C=NNC(=O)c1ccccc1Br. The highest BCUT2D eigenvalue weighted by Gasteiger charge is 2.13. The van der Waals surface area contributed by atoms with Gasteiger partial charge in [-0.25, -0.2) is 10.1 Å². The van der Waals surface area contributed by atoms with Crippen LogP contribution in [-0.4, -0.2) is 21.9 Å². The van der Waals surface area contributed by atoms with Crippen LogP contribution in [-0.2, 0) is 6.54 Å². The predicted molar refractivity (Wildman–Crippen MR) is 107 cm³/mol. The quantitative estimate of drug-likeness (QED) is 0.480. The molecule has 1 N–H and O–H groups in total. The molecule has 1 aromatic heterocycles. The minimum atomic E-state index is -0.306. The fourth-order valence-electron chi connectivity index (χ4n) is 2.44. The molecule has 0 aliphatic heterocycles. The molecule has 132 valence electrons. The van der Waals surface area contributed by atoms with E-state index in [0.29, 0.717) is 27.3 Å². The summed E-state index contributed by atoms with van der Waals surface area (Å²) in [5.41, 5.74) is 5.53. The number of aromatic nitrogens is 2. The van der Waals surface area contributed by atoms with Crippen molar-refractivity contribution in [2.45, 2.75) is 13.5 Å². The van der Waals surface area contributed by atoms with E-state index in [9.17, 15) is 4.79 Å². The van der Waals surface area contributed by atoms with Gasteiger partial charge in [-0.2, -0.15) is 10.2 Å². The maximum atomic E-state index is 12.2. The number of halogens is 2. The first-order chi connectivity index (χ1) is 12.6. The van der Waals surface area contributed by atoms with Crippen molar-refractivity contribution in [3.05, 3.63) is 86.6 Å². The lowest BCUT2D eigenvalue weighted by Crippen LogP contribution is -2.18. The van der Waals surface area contributed by atoms with E-state index in [1.54, 1.807) is 22.9 Å². The van der Waals surface area contributed by atoms with Crippen LogP contribution in [0, 0.1) is 6.92 Å². The number of hydrazone groups is 1. The number of rotatable bonds is 5. The zero-order valence-electron chi connectivity index (χ0n) is 14.0. The summed E-state index contributed by atoms with van der Waals surface area (Å²) >= 11 is 9.77. The lowest BCUT2D eigenvalue weighted by molar-refractivity contribution is 0.0954. The van der Waals surface area contributed by atoms with Crippen LogP contribution in [0.25, 0.3) is 0 Å². The van der Waals surface area contributed by atoms with Crippen LogP contribution in [0.3, 0.4) is 0 Å². The first-order valence-corrected chi connectivity index (χ1v) is 9.08. The van der Waals surface area contributed by atoms with Crippen molar-refractivity contribution in [2.75, 3.05) is 0 Å². The second kappa shape index (κ2) is 8.29. The van der Waals surface area contributed by atoms with Gasteiger partial charge < -0.3 is 0 Å². The van der Waals surface area contributed by atoms with Gasteiger partial charge in [0, 0.05) is 4.47 Å². The van der Waals surface area contributed by atoms with Crippen molar-refractivity contribution in [3.8, 4) is 0 Å². The van der Waals surface area contributed by atoms with Crippen LogP contribution in [0.2, 0.25) is 5.15 Å². The van der Waals surface area contributed by atoms with Gasteiger partial charge in [0.2, 0.25) is 0 Å². The molecule has 1 heterocycles. The van der Waals surface area contributed by atoms with E-state index in [2.05, 4.69) is 31.6 Å². The largest absolute Gasteiger partial charge is 0.272 e. The average Bonchev–Trinajstić information content (AvgIpc) is 2.90. The Bertz CT molecular complexity index is 953. The van der Waals surface area contributed by atoms with Crippen molar-refractivity contribution in [1.29, 1.82) is 0 Å². The molecule has 26 heavy (non-hydrogen) atoms. The van der Waals surface area contributed by atoms with Crippen molar-refractivity contribution < 1.29 is 4.79 Å². The zero-order chi connectivity index (χ0) is 18.5. The highest BCUT2D eigenvalue weighted by molar-refractivity contribution is 9.10. The van der Waals surface area contributed by atoms with Gasteiger partial charge in [0.15, 0.2) is 0 Å². The molecular formula is C19H16BrClN4O. The third-order valence-electron chi connectivity index (χ3n) is 3.76. The Morgan fingerprint density at radius 1 is 1.23 bits per heavy atom. The number of carbonyl (C=O) groups excluding carboxylic acids is 1. The van der Waals surface area contributed by atoms with E-state index in [1.165, 1.54) is 6.21 Å². The molecule has 0 radical (unpaired) electrons. The van der Waals surface area contributed by atoms with Crippen LogP contribution in [0.5, 0.6) is 0 Å². The van der Waals surface area contributed by atoms with Crippen molar-refractivity contribution in [3.63, 3.8) is 0 Å². The second-order valence-electron chi connectivity index (χ2n) is 5.61.